The Morgan fingerprint density at radius 3 is 2.47 bits per heavy atom. The summed E-state index contributed by atoms with van der Waals surface area (Å²) >= 11 is 0. The molecule has 2 aliphatic rings. The molecule has 38 heavy (non-hydrogen) atoms. The molecule has 3 aromatic rings. The number of para-hydroxylation sites is 1. The maximum absolute atomic E-state index is 12.7. The van der Waals surface area contributed by atoms with Gasteiger partial charge >= 0.3 is 0 Å². The predicted molar refractivity (Wildman–Crippen MR) is 157 cm³/mol. The van der Waals surface area contributed by atoms with Crippen LogP contribution in [0.15, 0.2) is 54.7 Å². The zero-order valence-electron chi connectivity index (χ0n) is 22.5. The molecular formula is C28H38N7O2P. The summed E-state index contributed by atoms with van der Waals surface area (Å²) < 4.78 is 18.5. The summed E-state index contributed by atoms with van der Waals surface area (Å²) in [6.45, 7) is 10.1. The first-order valence-electron chi connectivity index (χ1n) is 13.3. The Balaban J connectivity index is 1.26. The number of nitrogens with one attached hydrogen (secondary N) is 3. The van der Waals surface area contributed by atoms with Crippen molar-refractivity contribution in [1.29, 1.82) is 0 Å². The van der Waals surface area contributed by atoms with Gasteiger partial charge in [-0.1, -0.05) is 12.1 Å². The van der Waals surface area contributed by atoms with Crippen LogP contribution in [0.1, 0.15) is 12.8 Å². The fraction of sp³-hybridized carbons (Fsp3) is 0.429. The Morgan fingerprint density at radius 2 is 1.74 bits per heavy atom. The topological polar surface area (TPSA) is 94.6 Å². The predicted octanol–water partition coefficient (Wildman–Crippen LogP) is 4.09. The van der Waals surface area contributed by atoms with E-state index in [1.165, 1.54) is 18.5 Å². The van der Waals surface area contributed by atoms with E-state index in [2.05, 4.69) is 47.9 Å². The number of piperidine rings is 1. The molecule has 3 N–H and O–H groups in total. The van der Waals surface area contributed by atoms with Gasteiger partial charge in [0.1, 0.15) is 18.7 Å². The molecule has 0 unspecified atom stereocenters. The van der Waals surface area contributed by atoms with Crippen LogP contribution in [0.5, 0.6) is 5.75 Å². The zero-order chi connectivity index (χ0) is 26.5. The van der Waals surface area contributed by atoms with Crippen LogP contribution in [0.2, 0.25) is 0 Å². The normalized spacial score (nSPS) is 17.3. The number of rotatable bonds is 8. The van der Waals surface area contributed by atoms with Crippen molar-refractivity contribution in [3.8, 4) is 5.75 Å². The Morgan fingerprint density at radius 1 is 0.974 bits per heavy atom. The lowest BCUT2D eigenvalue weighted by Crippen LogP contribution is -2.52. The SMILES string of the molecule is COc1cc(N2CCC(N3CCNCC3)CC2)ccc1Nc1nccc(Nc2ccccc2P(C)(C)=O)n1. The number of anilines is 5. The number of hydrogen-bond donors (Lipinski definition) is 3. The lowest BCUT2D eigenvalue weighted by Gasteiger charge is -2.41. The van der Waals surface area contributed by atoms with Crippen LogP contribution in [0.3, 0.4) is 0 Å². The summed E-state index contributed by atoms with van der Waals surface area (Å²) in [4.78, 5) is 14.1. The number of methoxy groups -OCH3 is 1. The molecule has 0 bridgehead atoms. The molecule has 0 aliphatic carbocycles. The average molecular weight is 536 g/mol. The molecule has 1 aromatic heterocycles. The van der Waals surface area contributed by atoms with Crippen LogP contribution in [-0.4, -0.2) is 80.6 Å². The van der Waals surface area contributed by atoms with E-state index >= 15 is 0 Å². The molecule has 2 aromatic carbocycles. The maximum atomic E-state index is 12.7. The van der Waals surface area contributed by atoms with Crippen molar-refractivity contribution in [3.05, 3.63) is 54.7 Å². The number of nitrogens with zero attached hydrogens (tertiary/aromatic N) is 4. The molecule has 10 heteroatoms. The molecule has 2 aliphatic heterocycles. The van der Waals surface area contributed by atoms with Crippen LogP contribution in [0, 0.1) is 0 Å². The minimum atomic E-state index is -2.44. The van der Waals surface area contributed by atoms with Gasteiger partial charge in [-0.05, 0) is 56.5 Å². The van der Waals surface area contributed by atoms with Crippen molar-refractivity contribution in [2.45, 2.75) is 18.9 Å². The zero-order valence-corrected chi connectivity index (χ0v) is 23.4. The molecule has 0 atom stereocenters. The Kier molecular flexibility index (Phi) is 8.17. The molecule has 0 saturated carbocycles. The second-order valence-corrected chi connectivity index (χ2v) is 13.5. The third-order valence-electron chi connectivity index (χ3n) is 7.33. The van der Waals surface area contributed by atoms with Gasteiger partial charge in [0.2, 0.25) is 5.95 Å². The van der Waals surface area contributed by atoms with Gasteiger partial charge in [0.15, 0.2) is 0 Å². The summed E-state index contributed by atoms with van der Waals surface area (Å²) in [6.07, 6.45) is 4.07. The van der Waals surface area contributed by atoms with Crippen molar-refractivity contribution in [2.24, 2.45) is 0 Å². The molecule has 5 rings (SSSR count). The lowest BCUT2D eigenvalue weighted by molar-refractivity contribution is 0.150. The highest BCUT2D eigenvalue weighted by Crippen LogP contribution is 2.38. The maximum Gasteiger partial charge on any atom is 0.229 e. The van der Waals surface area contributed by atoms with Crippen molar-refractivity contribution >= 4 is 41.3 Å². The van der Waals surface area contributed by atoms with Crippen LogP contribution >= 0.6 is 7.14 Å². The summed E-state index contributed by atoms with van der Waals surface area (Å²) in [6, 6.07) is 16.4. The highest BCUT2D eigenvalue weighted by atomic mass is 31.2. The van der Waals surface area contributed by atoms with E-state index in [-0.39, 0.29) is 0 Å². The number of ether oxygens (including phenoxy) is 1. The molecule has 3 heterocycles. The van der Waals surface area contributed by atoms with Crippen molar-refractivity contribution in [3.63, 3.8) is 0 Å². The largest absolute Gasteiger partial charge is 0.494 e. The quantitative estimate of drug-likeness (QED) is 0.369. The van der Waals surface area contributed by atoms with Gasteiger partial charge < -0.3 is 30.2 Å². The molecular weight excluding hydrogens is 497 g/mol. The van der Waals surface area contributed by atoms with Gasteiger partial charge in [-0.3, -0.25) is 4.90 Å². The molecule has 2 saturated heterocycles. The summed E-state index contributed by atoms with van der Waals surface area (Å²) in [5.74, 6) is 1.81. The first-order chi connectivity index (χ1) is 18.4. The molecule has 0 radical (unpaired) electrons. The standard InChI is InChI=1S/C28H38N7O2P/c1-37-25-20-22(34-16-11-21(12-17-34)35-18-14-29-15-19-35)8-9-23(25)32-28-30-13-10-27(33-28)31-24-6-4-5-7-26(24)38(2,3)36/h4-10,13,20-21,29H,11-12,14-19H2,1-3H3,(H2,30,31,32,33). The average Bonchev–Trinajstić information content (AvgIpc) is 2.94. The van der Waals surface area contributed by atoms with E-state index in [9.17, 15) is 4.57 Å². The molecule has 0 spiro atoms. The van der Waals surface area contributed by atoms with E-state index in [0.29, 0.717) is 17.8 Å². The number of hydrogen-bond acceptors (Lipinski definition) is 9. The Labute approximate surface area is 225 Å². The number of aromatic nitrogens is 2. The highest BCUT2D eigenvalue weighted by molar-refractivity contribution is 7.70. The van der Waals surface area contributed by atoms with Gasteiger partial charge in [0, 0.05) is 68.6 Å². The Bertz CT molecular complexity index is 1280. The van der Waals surface area contributed by atoms with Crippen LogP contribution in [0.4, 0.5) is 28.8 Å². The second kappa shape index (κ2) is 11.7. The summed E-state index contributed by atoms with van der Waals surface area (Å²) in [5, 5.41) is 10.9. The molecule has 9 nitrogen and oxygen atoms in total. The van der Waals surface area contributed by atoms with Crippen molar-refractivity contribution in [2.75, 3.05) is 75.2 Å². The first-order valence-corrected chi connectivity index (χ1v) is 15.9. The molecule has 2 fully saturated rings. The van der Waals surface area contributed by atoms with Crippen molar-refractivity contribution in [1.82, 2.24) is 20.2 Å². The van der Waals surface area contributed by atoms with Crippen molar-refractivity contribution < 1.29 is 9.30 Å². The number of piperazine rings is 1. The highest BCUT2D eigenvalue weighted by Gasteiger charge is 2.26. The molecule has 0 amide bonds. The van der Waals surface area contributed by atoms with E-state index < -0.39 is 7.14 Å². The van der Waals surface area contributed by atoms with Gasteiger partial charge in [-0.25, -0.2) is 4.98 Å². The smallest absolute Gasteiger partial charge is 0.229 e. The monoisotopic (exact) mass is 535 g/mol. The summed E-state index contributed by atoms with van der Waals surface area (Å²) in [7, 11) is -0.760. The molecule has 202 valence electrons. The third kappa shape index (κ3) is 6.29. The minimum Gasteiger partial charge on any atom is -0.494 e. The first kappa shape index (κ1) is 26.5. The van der Waals surface area contributed by atoms with Crippen LogP contribution < -0.4 is 30.9 Å². The fourth-order valence-electron chi connectivity index (χ4n) is 5.31. The fourth-order valence-corrected chi connectivity index (χ4v) is 6.47. The third-order valence-corrected chi connectivity index (χ3v) is 8.88. The second-order valence-electron chi connectivity index (χ2n) is 10.3. The van der Waals surface area contributed by atoms with E-state index in [1.807, 2.05) is 30.3 Å². The van der Waals surface area contributed by atoms with Gasteiger partial charge in [0.25, 0.3) is 0 Å². The van der Waals surface area contributed by atoms with Gasteiger partial charge in [-0.2, -0.15) is 4.98 Å². The van der Waals surface area contributed by atoms with E-state index in [4.69, 9.17) is 4.74 Å². The van der Waals surface area contributed by atoms with E-state index in [0.717, 1.165) is 61.7 Å². The van der Waals surface area contributed by atoms with Crippen LogP contribution in [0.25, 0.3) is 0 Å². The minimum absolute atomic E-state index is 0.451. The number of benzene rings is 2. The van der Waals surface area contributed by atoms with Crippen LogP contribution in [-0.2, 0) is 4.57 Å². The van der Waals surface area contributed by atoms with Gasteiger partial charge in [-0.15, -0.1) is 0 Å². The lowest BCUT2D eigenvalue weighted by atomic mass is 10.0. The summed E-state index contributed by atoms with van der Waals surface area (Å²) in [5.41, 5.74) is 2.76. The van der Waals surface area contributed by atoms with Gasteiger partial charge in [0.05, 0.1) is 18.5 Å². The Hall–Kier alpha value is -3.13. The van der Waals surface area contributed by atoms with E-state index in [1.54, 1.807) is 32.7 Å².